The second kappa shape index (κ2) is 6.56. The van der Waals surface area contributed by atoms with E-state index in [9.17, 15) is 9.59 Å². The van der Waals surface area contributed by atoms with E-state index < -0.39 is 0 Å². The molecule has 98 valence electrons. The Labute approximate surface area is 102 Å². The molecule has 6 heteroatoms. The molecule has 2 N–H and O–H groups in total. The molecule has 1 heterocycles. The van der Waals surface area contributed by atoms with Crippen LogP contribution in [0.5, 0.6) is 0 Å². The minimum absolute atomic E-state index is 0.0517. The van der Waals surface area contributed by atoms with Gasteiger partial charge in [0.2, 0.25) is 11.8 Å². The summed E-state index contributed by atoms with van der Waals surface area (Å²) in [6.07, 6.45) is 0.809. The highest BCUT2D eigenvalue weighted by molar-refractivity contribution is 5.81. The van der Waals surface area contributed by atoms with Crippen LogP contribution in [0, 0.1) is 0 Å². The number of likely N-dealkylation sites (N-methyl/N-ethyl adjacent to an activating group) is 2. The molecule has 0 aromatic carbocycles. The molecule has 0 atom stereocenters. The highest BCUT2D eigenvalue weighted by Gasteiger charge is 2.23. The quantitative estimate of drug-likeness (QED) is 0.641. The Hall–Kier alpha value is -1.14. The summed E-state index contributed by atoms with van der Waals surface area (Å²) in [5.41, 5.74) is 5.40. The van der Waals surface area contributed by atoms with Gasteiger partial charge in [0.15, 0.2) is 0 Å². The Kier molecular flexibility index (Phi) is 5.37. The van der Waals surface area contributed by atoms with Crippen LogP contribution in [0.1, 0.15) is 6.42 Å². The van der Waals surface area contributed by atoms with E-state index in [0.29, 0.717) is 32.7 Å². The molecule has 1 aliphatic rings. The Morgan fingerprint density at radius 2 is 2.18 bits per heavy atom. The summed E-state index contributed by atoms with van der Waals surface area (Å²) in [7, 11) is 3.56. The molecule has 0 spiro atoms. The van der Waals surface area contributed by atoms with Gasteiger partial charge in [-0.3, -0.25) is 14.5 Å². The summed E-state index contributed by atoms with van der Waals surface area (Å²) in [5.74, 6) is 0.129. The van der Waals surface area contributed by atoms with Crippen LogP contribution in [0.3, 0.4) is 0 Å². The van der Waals surface area contributed by atoms with E-state index in [4.69, 9.17) is 5.73 Å². The Bertz CT molecular complexity index is 283. The molecule has 17 heavy (non-hydrogen) atoms. The molecular weight excluding hydrogens is 220 g/mol. The number of nitrogens with zero attached hydrogens (tertiary/aromatic N) is 3. The number of carbonyl (C=O) groups excluding carboxylic acids is 2. The molecule has 1 aliphatic heterocycles. The maximum atomic E-state index is 11.8. The molecular formula is C11H22N4O2. The highest BCUT2D eigenvalue weighted by Crippen LogP contribution is 2.01. The van der Waals surface area contributed by atoms with Gasteiger partial charge in [0, 0.05) is 33.7 Å². The van der Waals surface area contributed by atoms with Crippen molar-refractivity contribution in [2.45, 2.75) is 6.42 Å². The zero-order valence-corrected chi connectivity index (χ0v) is 10.7. The van der Waals surface area contributed by atoms with E-state index in [1.165, 1.54) is 0 Å². The zero-order chi connectivity index (χ0) is 12.8. The van der Waals surface area contributed by atoms with Gasteiger partial charge in [0.05, 0.1) is 13.1 Å². The summed E-state index contributed by atoms with van der Waals surface area (Å²) < 4.78 is 0. The molecule has 0 radical (unpaired) electrons. The summed E-state index contributed by atoms with van der Waals surface area (Å²) >= 11 is 0. The fraction of sp³-hybridized carbons (Fsp3) is 0.818. The predicted octanol–water partition coefficient (Wildman–Crippen LogP) is -1.43. The maximum absolute atomic E-state index is 11.8. The van der Waals surface area contributed by atoms with Crippen molar-refractivity contribution in [1.82, 2.24) is 14.7 Å². The molecule has 2 amide bonds. The van der Waals surface area contributed by atoms with E-state index in [1.807, 2.05) is 4.90 Å². The number of hydrogen-bond donors (Lipinski definition) is 1. The van der Waals surface area contributed by atoms with Gasteiger partial charge in [-0.1, -0.05) is 0 Å². The summed E-state index contributed by atoms with van der Waals surface area (Å²) in [4.78, 5) is 28.6. The average Bonchev–Trinajstić information content (AvgIpc) is 2.30. The van der Waals surface area contributed by atoms with Crippen LogP contribution in [-0.2, 0) is 9.59 Å². The summed E-state index contributed by atoms with van der Waals surface area (Å²) in [6.45, 7) is 3.38. The van der Waals surface area contributed by atoms with Gasteiger partial charge in [-0.25, -0.2) is 0 Å². The molecule has 0 saturated carbocycles. The smallest absolute Gasteiger partial charge is 0.236 e. The van der Waals surface area contributed by atoms with Gasteiger partial charge < -0.3 is 15.5 Å². The molecule has 0 aromatic rings. The first kappa shape index (κ1) is 13.9. The SMILES string of the molecule is CN(CCCN)C(=O)CN1CCN(C)C(=O)C1. The molecule has 0 aliphatic carbocycles. The largest absolute Gasteiger partial charge is 0.345 e. The van der Waals surface area contributed by atoms with Crippen LogP contribution in [0.25, 0.3) is 0 Å². The molecule has 0 aromatic heterocycles. The number of rotatable bonds is 5. The fourth-order valence-corrected chi connectivity index (χ4v) is 1.71. The van der Waals surface area contributed by atoms with Gasteiger partial charge in [-0.15, -0.1) is 0 Å². The van der Waals surface area contributed by atoms with E-state index in [2.05, 4.69) is 0 Å². The number of carbonyl (C=O) groups is 2. The molecule has 1 fully saturated rings. The lowest BCUT2D eigenvalue weighted by molar-refractivity contribution is -0.137. The average molecular weight is 242 g/mol. The Morgan fingerprint density at radius 3 is 2.76 bits per heavy atom. The van der Waals surface area contributed by atoms with Crippen LogP contribution in [0.2, 0.25) is 0 Å². The van der Waals surface area contributed by atoms with Gasteiger partial charge in [-0.05, 0) is 13.0 Å². The van der Waals surface area contributed by atoms with Crippen LogP contribution >= 0.6 is 0 Å². The van der Waals surface area contributed by atoms with Gasteiger partial charge >= 0.3 is 0 Å². The van der Waals surface area contributed by atoms with E-state index in [1.54, 1.807) is 23.9 Å². The van der Waals surface area contributed by atoms with Gasteiger partial charge in [0.1, 0.15) is 0 Å². The lowest BCUT2D eigenvalue weighted by Crippen LogP contribution is -2.51. The van der Waals surface area contributed by atoms with Crippen molar-refractivity contribution < 1.29 is 9.59 Å². The van der Waals surface area contributed by atoms with Crippen LogP contribution in [-0.4, -0.2) is 79.9 Å². The van der Waals surface area contributed by atoms with Crippen molar-refractivity contribution in [3.8, 4) is 0 Å². The zero-order valence-electron chi connectivity index (χ0n) is 10.7. The van der Waals surface area contributed by atoms with E-state index >= 15 is 0 Å². The number of amides is 2. The number of piperazine rings is 1. The third kappa shape index (κ3) is 4.32. The molecule has 0 unspecified atom stereocenters. The van der Waals surface area contributed by atoms with E-state index in [0.717, 1.165) is 13.0 Å². The number of hydrogen-bond acceptors (Lipinski definition) is 4. The summed E-state index contributed by atoms with van der Waals surface area (Å²) in [5, 5.41) is 0. The maximum Gasteiger partial charge on any atom is 0.236 e. The van der Waals surface area contributed by atoms with Crippen molar-refractivity contribution in [3.05, 3.63) is 0 Å². The minimum atomic E-state index is 0.0517. The molecule has 1 rings (SSSR count). The summed E-state index contributed by atoms with van der Waals surface area (Å²) in [6, 6.07) is 0. The molecule has 0 bridgehead atoms. The predicted molar refractivity (Wildman–Crippen MR) is 65.4 cm³/mol. The van der Waals surface area contributed by atoms with Crippen molar-refractivity contribution in [2.75, 3.05) is 53.4 Å². The molecule has 6 nitrogen and oxygen atoms in total. The van der Waals surface area contributed by atoms with Gasteiger partial charge in [0.25, 0.3) is 0 Å². The van der Waals surface area contributed by atoms with Crippen molar-refractivity contribution >= 4 is 11.8 Å². The van der Waals surface area contributed by atoms with Crippen LogP contribution in [0.4, 0.5) is 0 Å². The van der Waals surface area contributed by atoms with Crippen molar-refractivity contribution in [3.63, 3.8) is 0 Å². The van der Waals surface area contributed by atoms with Crippen molar-refractivity contribution in [1.29, 1.82) is 0 Å². The standard InChI is InChI=1S/C11H22N4O2/c1-13(5-3-4-12)10(16)8-15-7-6-14(2)11(17)9-15/h3-9,12H2,1-2H3. The number of nitrogens with two attached hydrogens (primary N) is 1. The lowest BCUT2D eigenvalue weighted by Gasteiger charge is -2.32. The second-order valence-corrected chi connectivity index (χ2v) is 4.48. The van der Waals surface area contributed by atoms with Gasteiger partial charge in [-0.2, -0.15) is 0 Å². The Morgan fingerprint density at radius 1 is 1.47 bits per heavy atom. The fourth-order valence-electron chi connectivity index (χ4n) is 1.71. The first-order valence-corrected chi connectivity index (χ1v) is 5.95. The van der Waals surface area contributed by atoms with Crippen LogP contribution in [0.15, 0.2) is 0 Å². The topological polar surface area (TPSA) is 69.9 Å². The van der Waals surface area contributed by atoms with E-state index in [-0.39, 0.29) is 11.8 Å². The highest BCUT2D eigenvalue weighted by atomic mass is 16.2. The van der Waals surface area contributed by atoms with Crippen LogP contribution < -0.4 is 5.73 Å². The second-order valence-electron chi connectivity index (χ2n) is 4.48. The monoisotopic (exact) mass is 242 g/mol. The Balaban J connectivity index is 2.33. The normalized spacial score (nSPS) is 17.4. The first-order chi connectivity index (χ1) is 8.04. The third-order valence-corrected chi connectivity index (χ3v) is 3.02. The minimum Gasteiger partial charge on any atom is -0.345 e. The first-order valence-electron chi connectivity index (χ1n) is 5.95. The van der Waals surface area contributed by atoms with Crippen molar-refractivity contribution in [2.24, 2.45) is 5.73 Å². The lowest BCUT2D eigenvalue weighted by atomic mass is 10.3. The molecule has 1 saturated heterocycles. The third-order valence-electron chi connectivity index (χ3n) is 3.02.